The normalized spacial score (nSPS) is 10.8. The van der Waals surface area contributed by atoms with Gasteiger partial charge in [-0.15, -0.1) is 0 Å². The van der Waals surface area contributed by atoms with E-state index in [2.05, 4.69) is 0 Å². The molecule has 0 bridgehead atoms. The summed E-state index contributed by atoms with van der Waals surface area (Å²) in [5.74, 6) is -0.341. The van der Waals surface area contributed by atoms with Gasteiger partial charge in [-0.3, -0.25) is 4.79 Å². The van der Waals surface area contributed by atoms with E-state index in [1.165, 1.54) is 0 Å². The summed E-state index contributed by atoms with van der Waals surface area (Å²) in [6, 6.07) is 7.79. The highest BCUT2D eigenvalue weighted by molar-refractivity contribution is 5.88. The molecule has 1 aromatic heterocycles. The van der Waals surface area contributed by atoms with Crippen LogP contribution in [0.4, 0.5) is 0 Å². The number of nitrogens with zero attached hydrogens (tertiary/aromatic N) is 1. The lowest BCUT2D eigenvalue weighted by molar-refractivity contribution is -0.117. The Balaban J connectivity index is 2.52. The van der Waals surface area contributed by atoms with Gasteiger partial charge in [-0.05, 0) is 11.6 Å². The van der Waals surface area contributed by atoms with Crippen molar-refractivity contribution in [3.63, 3.8) is 0 Å². The van der Waals surface area contributed by atoms with Gasteiger partial charge in [0.05, 0.1) is 13.0 Å². The van der Waals surface area contributed by atoms with E-state index in [1.807, 2.05) is 35.0 Å². The number of fused-ring (bicyclic) bond motifs is 1. The van der Waals surface area contributed by atoms with Crippen LogP contribution in [0.1, 0.15) is 5.56 Å². The van der Waals surface area contributed by atoms with Crippen molar-refractivity contribution < 1.29 is 9.90 Å². The molecule has 2 aromatic rings. The highest BCUT2D eigenvalue weighted by Crippen LogP contribution is 2.21. The van der Waals surface area contributed by atoms with E-state index in [9.17, 15) is 4.79 Å². The number of amides is 1. The van der Waals surface area contributed by atoms with Crippen molar-refractivity contribution >= 4 is 16.8 Å². The Kier molecular flexibility index (Phi) is 2.92. The van der Waals surface area contributed by atoms with Crippen LogP contribution in [0.5, 0.6) is 0 Å². The molecular formula is C12H14N2O2. The molecule has 0 aliphatic carbocycles. The van der Waals surface area contributed by atoms with E-state index < -0.39 is 0 Å². The predicted octanol–water partition coefficient (Wildman–Crippen LogP) is 0.661. The van der Waals surface area contributed by atoms with Gasteiger partial charge >= 0.3 is 0 Å². The first kappa shape index (κ1) is 10.7. The third-order valence-corrected chi connectivity index (χ3v) is 2.58. The average Bonchev–Trinajstić information content (AvgIpc) is 2.58. The maximum Gasteiger partial charge on any atom is 0.221 e. The Labute approximate surface area is 93.3 Å². The Morgan fingerprint density at radius 2 is 2.12 bits per heavy atom. The summed E-state index contributed by atoms with van der Waals surface area (Å²) in [4.78, 5) is 10.9. The predicted molar refractivity (Wildman–Crippen MR) is 61.9 cm³/mol. The van der Waals surface area contributed by atoms with Crippen LogP contribution in [0, 0.1) is 0 Å². The van der Waals surface area contributed by atoms with Crippen molar-refractivity contribution in [1.29, 1.82) is 0 Å². The molecule has 84 valence electrons. The highest BCUT2D eigenvalue weighted by Gasteiger charge is 2.09. The van der Waals surface area contributed by atoms with Gasteiger partial charge < -0.3 is 15.4 Å². The van der Waals surface area contributed by atoms with E-state index in [4.69, 9.17) is 10.8 Å². The number of primary amides is 1. The minimum absolute atomic E-state index is 0.0781. The van der Waals surface area contributed by atoms with Gasteiger partial charge in [0.25, 0.3) is 0 Å². The maximum atomic E-state index is 10.9. The van der Waals surface area contributed by atoms with Crippen LogP contribution in [0.15, 0.2) is 30.5 Å². The largest absolute Gasteiger partial charge is 0.395 e. The molecule has 0 radical (unpaired) electrons. The summed E-state index contributed by atoms with van der Waals surface area (Å²) < 4.78 is 1.94. The average molecular weight is 218 g/mol. The Hall–Kier alpha value is -1.81. The van der Waals surface area contributed by atoms with Crippen molar-refractivity contribution in [3.8, 4) is 0 Å². The monoisotopic (exact) mass is 218 g/mol. The zero-order valence-electron chi connectivity index (χ0n) is 8.89. The first-order chi connectivity index (χ1) is 7.72. The molecule has 4 nitrogen and oxygen atoms in total. The van der Waals surface area contributed by atoms with Crippen LogP contribution in [0.25, 0.3) is 10.9 Å². The fraction of sp³-hybridized carbons (Fsp3) is 0.250. The fourth-order valence-electron chi connectivity index (χ4n) is 1.94. The number of aliphatic hydroxyl groups excluding tert-OH is 1. The molecule has 0 aliphatic heterocycles. The number of rotatable bonds is 4. The number of benzene rings is 1. The summed E-state index contributed by atoms with van der Waals surface area (Å²) in [7, 11) is 0. The molecule has 2 rings (SSSR count). The standard InChI is InChI=1S/C12H14N2O2/c13-12(16)7-9-8-14(5-6-15)11-4-2-1-3-10(9)11/h1-4,8,15H,5-7H2,(H2,13,16). The molecule has 0 saturated heterocycles. The zero-order valence-corrected chi connectivity index (χ0v) is 8.89. The Morgan fingerprint density at radius 3 is 2.81 bits per heavy atom. The maximum absolute atomic E-state index is 10.9. The van der Waals surface area contributed by atoms with E-state index in [0.29, 0.717) is 6.54 Å². The van der Waals surface area contributed by atoms with Gasteiger partial charge in [-0.25, -0.2) is 0 Å². The van der Waals surface area contributed by atoms with Crippen molar-refractivity contribution in [3.05, 3.63) is 36.0 Å². The van der Waals surface area contributed by atoms with Gasteiger partial charge in [0.1, 0.15) is 0 Å². The van der Waals surface area contributed by atoms with Crippen molar-refractivity contribution in [1.82, 2.24) is 4.57 Å². The zero-order chi connectivity index (χ0) is 11.5. The third kappa shape index (κ3) is 1.92. The molecule has 16 heavy (non-hydrogen) atoms. The van der Waals surface area contributed by atoms with Gasteiger partial charge in [0, 0.05) is 23.6 Å². The summed E-state index contributed by atoms with van der Waals surface area (Å²) >= 11 is 0. The van der Waals surface area contributed by atoms with Crippen LogP contribution in [0.3, 0.4) is 0 Å². The van der Waals surface area contributed by atoms with Gasteiger partial charge in [0.15, 0.2) is 0 Å². The number of carbonyl (C=O) groups is 1. The second-order valence-electron chi connectivity index (χ2n) is 3.73. The topological polar surface area (TPSA) is 68.2 Å². The quantitative estimate of drug-likeness (QED) is 0.791. The molecule has 1 amide bonds. The van der Waals surface area contributed by atoms with Crippen molar-refractivity contribution in [2.24, 2.45) is 5.73 Å². The lowest BCUT2D eigenvalue weighted by Gasteiger charge is -2.00. The number of nitrogens with two attached hydrogens (primary N) is 1. The Bertz CT molecular complexity index is 517. The summed E-state index contributed by atoms with van der Waals surface area (Å²) in [6.45, 7) is 0.605. The van der Waals surface area contributed by atoms with E-state index in [0.717, 1.165) is 16.5 Å². The van der Waals surface area contributed by atoms with Crippen molar-refractivity contribution in [2.45, 2.75) is 13.0 Å². The molecule has 0 atom stereocenters. The second kappa shape index (κ2) is 4.37. The minimum atomic E-state index is -0.341. The number of hydrogen-bond acceptors (Lipinski definition) is 2. The first-order valence-corrected chi connectivity index (χ1v) is 5.18. The molecule has 1 aromatic carbocycles. The van der Waals surface area contributed by atoms with Gasteiger partial charge in [-0.1, -0.05) is 18.2 Å². The van der Waals surface area contributed by atoms with Crippen LogP contribution >= 0.6 is 0 Å². The summed E-state index contributed by atoms with van der Waals surface area (Å²) in [5.41, 5.74) is 7.14. The number of aliphatic hydroxyl groups is 1. The van der Waals surface area contributed by atoms with Crippen LogP contribution in [-0.4, -0.2) is 22.2 Å². The third-order valence-electron chi connectivity index (χ3n) is 2.58. The van der Waals surface area contributed by atoms with E-state index in [-0.39, 0.29) is 18.9 Å². The lowest BCUT2D eigenvalue weighted by atomic mass is 10.1. The molecule has 1 heterocycles. The summed E-state index contributed by atoms with van der Waals surface area (Å²) in [5, 5.41) is 9.98. The van der Waals surface area contributed by atoms with Crippen LogP contribution in [0.2, 0.25) is 0 Å². The number of para-hydroxylation sites is 1. The van der Waals surface area contributed by atoms with Crippen LogP contribution in [-0.2, 0) is 17.8 Å². The minimum Gasteiger partial charge on any atom is -0.395 e. The number of carbonyl (C=O) groups excluding carboxylic acids is 1. The van der Waals surface area contributed by atoms with Crippen molar-refractivity contribution in [2.75, 3.05) is 6.61 Å². The fourth-order valence-corrected chi connectivity index (χ4v) is 1.94. The van der Waals surface area contributed by atoms with Gasteiger partial charge in [-0.2, -0.15) is 0 Å². The summed E-state index contributed by atoms with van der Waals surface area (Å²) in [6.07, 6.45) is 2.12. The van der Waals surface area contributed by atoms with Crippen LogP contribution < -0.4 is 5.73 Å². The SMILES string of the molecule is NC(=O)Cc1cn(CCO)c2ccccc12. The second-order valence-corrected chi connectivity index (χ2v) is 3.73. The Morgan fingerprint density at radius 1 is 1.38 bits per heavy atom. The molecule has 0 saturated carbocycles. The molecule has 3 N–H and O–H groups in total. The lowest BCUT2D eigenvalue weighted by Crippen LogP contribution is -2.13. The van der Waals surface area contributed by atoms with Gasteiger partial charge in [0.2, 0.25) is 5.91 Å². The van der Waals surface area contributed by atoms with E-state index >= 15 is 0 Å². The number of aromatic nitrogens is 1. The molecular weight excluding hydrogens is 204 g/mol. The smallest absolute Gasteiger partial charge is 0.221 e. The molecule has 0 unspecified atom stereocenters. The highest BCUT2D eigenvalue weighted by atomic mass is 16.3. The van der Waals surface area contributed by atoms with E-state index in [1.54, 1.807) is 0 Å². The molecule has 0 spiro atoms. The molecule has 0 fully saturated rings. The first-order valence-electron chi connectivity index (χ1n) is 5.18. The molecule has 4 heteroatoms. The molecule has 0 aliphatic rings. The number of hydrogen-bond donors (Lipinski definition) is 2.